The van der Waals surface area contributed by atoms with Gasteiger partial charge >= 0.3 is 0 Å². The summed E-state index contributed by atoms with van der Waals surface area (Å²) < 4.78 is 7.13. The van der Waals surface area contributed by atoms with Gasteiger partial charge in [-0.05, 0) is 26.7 Å². The summed E-state index contributed by atoms with van der Waals surface area (Å²) in [5.41, 5.74) is 3.76. The summed E-state index contributed by atoms with van der Waals surface area (Å²) in [5, 5.41) is 8.08. The van der Waals surface area contributed by atoms with Crippen LogP contribution in [0.15, 0.2) is 0 Å². The first-order valence-electron chi connectivity index (χ1n) is 5.97. The third kappa shape index (κ3) is 2.62. The first-order valence-corrected chi connectivity index (χ1v) is 5.97. The zero-order valence-corrected chi connectivity index (χ0v) is 10.4. The maximum atomic E-state index is 5.08. The van der Waals surface area contributed by atoms with Crippen LogP contribution >= 0.6 is 0 Å². The molecule has 1 aliphatic carbocycles. The lowest BCUT2D eigenvalue weighted by Gasteiger charge is -2.05. The molecule has 1 aliphatic rings. The Morgan fingerprint density at radius 1 is 1.44 bits per heavy atom. The zero-order valence-electron chi connectivity index (χ0n) is 10.4. The number of hydrogen-bond acceptors (Lipinski definition) is 3. The number of nitrogens with one attached hydrogen (secondary N) is 1. The number of ether oxygens (including phenoxy) is 1. The highest BCUT2D eigenvalue weighted by atomic mass is 16.5. The van der Waals surface area contributed by atoms with Crippen LogP contribution in [0.3, 0.4) is 0 Å². The van der Waals surface area contributed by atoms with E-state index < -0.39 is 0 Å². The number of hydrogen-bond donors (Lipinski definition) is 1. The van der Waals surface area contributed by atoms with Gasteiger partial charge in [0.1, 0.15) is 0 Å². The van der Waals surface area contributed by atoms with Gasteiger partial charge in [-0.25, -0.2) is 0 Å². The maximum Gasteiger partial charge on any atom is 0.0658 e. The maximum absolute atomic E-state index is 5.08. The van der Waals surface area contributed by atoms with E-state index in [1.165, 1.54) is 24.1 Å². The Balaban J connectivity index is 2.01. The van der Waals surface area contributed by atoms with Crippen molar-refractivity contribution < 1.29 is 4.74 Å². The minimum atomic E-state index is 0.720. The zero-order chi connectivity index (χ0) is 11.5. The second-order valence-corrected chi connectivity index (χ2v) is 4.52. The molecule has 1 aromatic rings. The van der Waals surface area contributed by atoms with E-state index in [1.54, 1.807) is 7.11 Å². The number of aromatic nitrogens is 2. The van der Waals surface area contributed by atoms with Gasteiger partial charge in [-0.2, -0.15) is 5.10 Å². The average Bonchev–Trinajstić information content (AvgIpc) is 3.03. The first-order chi connectivity index (χ1) is 7.72. The van der Waals surface area contributed by atoms with Crippen LogP contribution in [-0.4, -0.2) is 29.5 Å². The average molecular weight is 223 g/mol. The Kier molecular flexibility index (Phi) is 3.61. The van der Waals surface area contributed by atoms with Gasteiger partial charge in [-0.1, -0.05) is 0 Å². The molecule has 1 N–H and O–H groups in total. The van der Waals surface area contributed by atoms with E-state index in [1.807, 2.05) is 4.68 Å². The Morgan fingerprint density at radius 3 is 2.81 bits per heavy atom. The Morgan fingerprint density at radius 2 is 2.19 bits per heavy atom. The van der Waals surface area contributed by atoms with E-state index >= 15 is 0 Å². The number of aryl methyl sites for hydroxylation is 1. The van der Waals surface area contributed by atoms with E-state index in [-0.39, 0.29) is 0 Å². The van der Waals surface area contributed by atoms with Gasteiger partial charge < -0.3 is 10.1 Å². The lowest BCUT2D eigenvalue weighted by atomic mass is 10.2. The minimum absolute atomic E-state index is 0.720. The van der Waals surface area contributed by atoms with Gasteiger partial charge in [0.15, 0.2) is 0 Å². The lowest BCUT2D eigenvalue weighted by molar-refractivity contribution is 0.182. The molecule has 0 spiro atoms. The van der Waals surface area contributed by atoms with Crippen LogP contribution in [0.5, 0.6) is 0 Å². The molecule has 0 saturated heterocycles. The lowest BCUT2D eigenvalue weighted by Crippen LogP contribution is -2.16. The van der Waals surface area contributed by atoms with Crippen molar-refractivity contribution in [1.29, 1.82) is 0 Å². The van der Waals surface area contributed by atoms with E-state index in [2.05, 4.69) is 24.3 Å². The van der Waals surface area contributed by atoms with Crippen LogP contribution < -0.4 is 5.32 Å². The molecule has 0 aliphatic heterocycles. The molecule has 1 saturated carbocycles. The van der Waals surface area contributed by atoms with E-state index in [9.17, 15) is 0 Å². The normalized spacial score (nSPS) is 15.7. The second kappa shape index (κ2) is 4.97. The van der Waals surface area contributed by atoms with E-state index in [4.69, 9.17) is 4.74 Å². The van der Waals surface area contributed by atoms with Crippen molar-refractivity contribution in [3.8, 4) is 0 Å². The summed E-state index contributed by atoms with van der Waals surface area (Å²) in [6, 6.07) is 0.751. The SMILES string of the molecule is COCCn1nc(C)c(CNC2CC2)c1C. The van der Waals surface area contributed by atoms with E-state index in [0.717, 1.165) is 31.4 Å². The molecule has 1 aromatic heterocycles. The van der Waals surface area contributed by atoms with Gasteiger partial charge in [0.25, 0.3) is 0 Å². The van der Waals surface area contributed by atoms with Gasteiger partial charge in [-0.15, -0.1) is 0 Å². The molecule has 0 unspecified atom stereocenters. The standard InChI is InChI=1S/C12H21N3O/c1-9-12(8-13-11-4-5-11)10(2)15(14-9)6-7-16-3/h11,13H,4-8H2,1-3H3. The van der Waals surface area contributed by atoms with Crippen molar-refractivity contribution in [3.05, 3.63) is 17.0 Å². The number of nitrogens with zero attached hydrogens (tertiary/aromatic N) is 2. The van der Waals surface area contributed by atoms with Crippen molar-refractivity contribution >= 4 is 0 Å². The summed E-state index contributed by atoms with van der Waals surface area (Å²) in [4.78, 5) is 0. The van der Waals surface area contributed by atoms with Crippen molar-refractivity contribution in [1.82, 2.24) is 15.1 Å². The topological polar surface area (TPSA) is 39.1 Å². The minimum Gasteiger partial charge on any atom is -0.383 e. The van der Waals surface area contributed by atoms with Crippen molar-refractivity contribution in [3.63, 3.8) is 0 Å². The molecule has 90 valence electrons. The molecule has 4 nitrogen and oxygen atoms in total. The molecule has 1 fully saturated rings. The van der Waals surface area contributed by atoms with Crippen LogP contribution in [0.4, 0.5) is 0 Å². The van der Waals surface area contributed by atoms with Gasteiger partial charge in [0, 0.05) is 31.0 Å². The molecule has 0 radical (unpaired) electrons. The molecular weight excluding hydrogens is 202 g/mol. The van der Waals surface area contributed by atoms with Gasteiger partial charge in [0.05, 0.1) is 18.8 Å². The largest absolute Gasteiger partial charge is 0.383 e. The Bertz CT molecular complexity index is 355. The summed E-state index contributed by atoms with van der Waals surface area (Å²) in [6.45, 7) is 6.74. The van der Waals surface area contributed by atoms with Gasteiger partial charge in [-0.3, -0.25) is 4.68 Å². The monoisotopic (exact) mass is 223 g/mol. The Labute approximate surface area is 97.0 Å². The molecule has 0 aromatic carbocycles. The quantitative estimate of drug-likeness (QED) is 0.792. The molecule has 0 atom stereocenters. The molecule has 1 heterocycles. The summed E-state index contributed by atoms with van der Waals surface area (Å²) in [7, 11) is 1.72. The summed E-state index contributed by atoms with van der Waals surface area (Å²) in [5.74, 6) is 0. The molecule has 16 heavy (non-hydrogen) atoms. The van der Waals surface area contributed by atoms with Crippen LogP contribution in [0.2, 0.25) is 0 Å². The fraction of sp³-hybridized carbons (Fsp3) is 0.750. The van der Waals surface area contributed by atoms with Crippen LogP contribution in [0, 0.1) is 13.8 Å². The van der Waals surface area contributed by atoms with Crippen molar-refractivity contribution in [2.24, 2.45) is 0 Å². The third-order valence-electron chi connectivity index (χ3n) is 3.18. The van der Waals surface area contributed by atoms with Crippen molar-refractivity contribution in [2.45, 2.75) is 45.8 Å². The fourth-order valence-corrected chi connectivity index (χ4v) is 1.92. The second-order valence-electron chi connectivity index (χ2n) is 4.52. The highest BCUT2D eigenvalue weighted by molar-refractivity contribution is 5.24. The molecular formula is C12H21N3O. The third-order valence-corrected chi connectivity index (χ3v) is 3.18. The highest BCUT2D eigenvalue weighted by Gasteiger charge is 2.21. The smallest absolute Gasteiger partial charge is 0.0658 e. The molecule has 0 bridgehead atoms. The fourth-order valence-electron chi connectivity index (χ4n) is 1.92. The molecule has 0 amide bonds. The summed E-state index contributed by atoms with van der Waals surface area (Å²) >= 11 is 0. The van der Waals surface area contributed by atoms with Gasteiger partial charge in [0.2, 0.25) is 0 Å². The number of rotatable bonds is 6. The van der Waals surface area contributed by atoms with Crippen LogP contribution in [0.25, 0.3) is 0 Å². The van der Waals surface area contributed by atoms with E-state index in [0.29, 0.717) is 0 Å². The highest BCUT2D eigenvalue weighted by Crippen LogP contribution is 2.20. The van der Waals surface area contributed by atoms with Crippen LogP contribution in [0.1, 0.15) is 29.8 Å². The number of methoxy groups -OCH3 is 1. The predicted molar refractivity (Wildman–Crippen MR) is 63.4 cm³/mol. The first kappa shape index (κ1) is 11.6. The predicted octanol–water partition coefficient (Wildman–Crippen LogP) is 1.40. The molecule has 2 rings (SSSR count). The van der Waals surface area contributed by atoms with Crippen LogP contribution in [-0.2, 0) is 17.8 Å². The van der Waals surface area contributed by atoms with Crippen molar-refractivity contribution in [2.75, 3.05) is 13.7 Å². The molecule has 4 heteroatoms. The summed E-state index contributed by atoms with van der Waals surface area (Å²) in [6.07, 6.45) is 2.66. The Hall–Kier alpha value is -0.870.